The highest BCUT2D eigenvalue weighted by Crippen LogP contribution is 2.49. The summed E-state index contributed by atoms with van der Waals surface area (Å²) in [7, 11) is 0. The van der Waals surface area contributed by atoms with Gasteiger partial charge in [0.1, 0.15) is 0 Å². The summed E-state index contributed by atoms with van der Waals surface area (Å²) in [6.45, 7) is 0. The van der Waals surface area contributed by atoms with Gasteiger partial charge in [-0.25, -0.2) is 0 Å². The van der Waals surface area contributed by atoms with Crippen LogP contribution in [0.15, 0.2) is 155 Å². The fourth-order valence-corrected chi connectivity index (χ4v) is 7.81. The molecule has 188 valence electrons. The van der Waals surface area contributed by atoms with E-state index < -0.39 is 0 Å². The summed E-state index contributed by atoms with van der Waals surface area (Å²) in [5, 5.41) is 2.69. The van der Waals surface area contributed by atoms with Crippen molar-refractivity contribution in [2.45, 2.75) is 9.79 Å². The van der Waals surface area contributed by atoms with Crippen LogP contribution in [0.2, 0.25) is 0 Å². The Morgan fingerprint density at radius 3 is 1.62 bits per heavy atom. The van der Waals surface area contributed by atoms with E-state index in [4.69, 9.17) is 0 Å². The van der Waals surface area contributed by atoms with Crippen molar-refractivity contribution in [2.75, 3.05) is 0 Å². The monoisotopic (exact) mass is 544 g/mol. The molecule has 6 aromatic carbocycles. The van der Waals surface area contributed by atoms with Crippen LogP contribution in [0.1, 0.15) is 0 Å². The van der Waals surface area contributed by atoms with E-state index in [1.165, 1.54) is 74.8 Å². The van der Waals surface area contributed by atoms with Gasteiger partial charge in [-0.15, -0.1) is 11.3 Å². The molecule has 0 N–H and O–H groups in total. The van der Waals surface area contributed by atoms with E-state index in [1.54, 1.807) is 0 Å². The standard InChI is InChI=1S/C38H24S2/c1-2-6-25(7-3-1)26-12-14-27(15-13-26)28-16-18-29(19-17-28)34-22-23-35(39-34)31-20-21-36-33(24-31)32-10-4-8-30-9-5-11-37(40-36)38(30)32/h1-24H. The summed E-state index contributed by atoms with van der Waals surface area (Å²) >= 11 is 3.75. The molecule has 0 bridgehead atoms. The van der Waals surface area contributed by atoms with E-state index in [1.807, 2.05) is 23.1 Å². The van der Waals surface area contributed by atoms with Crippen molar-refractivity contribution < 1.29 is 0 Å². The zero-order valence-corrected chi connectivity index (χ0v) is 23.3. The highest BCUT2D eigenvalue weighted by atomic mass is 32.2. The molecule has 7 aromatic rings. The molecule has 1 aromatic heterocycles. The van der Waals surface area contributed by atoms with E-state index in [-0.39, 0.29) is 0 Å². The summed E-state index contributed by atoms with van der Waals surface area (Å²) in [6.07, 6.45) is 0. The van der Waals surface area contributed by atoms with Gasteiger partial charge in [-0.2, -0.15) is 0 Å². The maximum atomic E-state index is 2.38. The van der Waals surface area contributed by atoms with Crippen molar-refractivity contribution in [3.8, 4) is 54.3 Å². The van der Waals surface area contributed by atoms with Gasteiger partial charge >= 0.3 is 0 Å². The van der Waals surface area contributed by atoms with Gasteiger partial charge in [-0.1, -0.05) is 127 Å². The molecular formula is C38H24S2. The lowest BCUT2D eigenvalue weighted by atomic mass is 9.96. The largest absolute Gasteiger partial charge is 0.135 e. The summed E-state index contributed by atoms with van der Waals surface area (Å²) < 4.78 is 0. The Morgan fingerprint density at radius 2 is 0.925 bits per heavy atom. The smallest absolute Gasteiger partial charge is 0.0349 e. The Kier molecular flexibility index (Phi) is 5.69. The lowest BCUT2D eigenvalue weighted by Gasteiger charge is -2.20. The SMILES string of the molecule is c1ccc(-c2ccc(-c3ccc(-c4ccc(-c5ccc6c(c5)-c5cccc7cccc(c57)S6)s4)cc3)cc2)cc1. The van der Waals surface area contributed by atoms with Crippen molar-refractivity contribution in [1.82, 2.24) is 0 Å². The molecule has 0 saturated carbocycles. The molecule has 2 heteroatoms. The van der Waals surface area contributed by atoms with Crippen LogP contribution in [-0.2, 0) is 0 Å². The van der Waals surface area contributed by atoms with Crippen LogP contribution >= 0.6 is 23.1 Å². The van der Waals surface area contributed by atoms with Gasteiger partial charge in [0, 0.05) is 24.9 Å². The highest BCUT2D eigenvalue weighted by molar-refractivity contribution is 7.99. The molecule has 0 aliphatic carbocycles. The lowest BCUT2D eigenvalue weighted by molar-refractivity contribution is 1.40. The van der Waals surface area contributed by atoms with E-state index in [0.717, 1.165) is 0 Å². The second kappa shape index (κ2) is 9.67. The van der Waals surface area contributed by atoms with Gasteiger partial charge in [-0.05, 0) is 80.2 Å². The average molecular weight is 545 g/mol. The summed E-state index contributed by atoms with van der Waals surface area (Å²) in [6, 6.07) is 53.1. The van der Waals surface area contributed by atoms with Crippen molar-refractivity contribution in [2.24, 2.45) is 0 Å². The Bertz CT molecular complexity index is 1990. The van der Waals surface area contributed by atoms with E-state index >= 15 is 0 Å². The van der Waals surface area contributed by atoms with Crippen LogP contribution in [0.5, 0.6) is 0 Å². The van der Waals surface area contributed by atoms with Gasteiger partial charge in [0.15, 0.2) is 0 Å². The van der Waals surface area contributed by atoms with Crippen molar-refractivity contribution in [3.63, 3.8) is 0 Å². The fourth-order valence-electron chi connectivity index (χ4n) is 5.68. The molecule has 0 fully saturated rings. The average Bonchev–Trinajstić information content (AvgIpc) is 3.52. The third-order valence-electron chi connectivity index (χ3n) is 7.74. The van der Waals surface area contributed by atoms with E-state index in [0.29, 0.717) is 0 Å². The molecule has 0 saturated heterocycles. The fraction of sp³-hybridized carbons (Fsp3) is 0. The molecular weight excluding hydrogens is 521 g/mol. The maximum absolute atomic E-state index is 2.38. The zero-order valence-electron chi connectivity index (χ0n) is 21.7. The first-order chi connectivity index (χ1) is 19.8. The summed E-state index contributed by atoms with van der Waals surface area (Å²) in [5.74, 6) is 0. The first kappa shape index (κ1) is 23.5. The molecule has 0 unspecified atom stereocenters. The number of hydrogen-bond donors (Lipinski definition) is 0. The van der Waals surface area contributed by atoms with Crippen molar-refractivity contribution in [1.29, 1.82) is 0 Å². The number of fused-ring (bicyclic) bond motifs is 2. The van der Waals surface area contributed by atoms with Crippen LogP contribution in [-0.4, -0.2) is 0 Å². The molecule has 0 spiro atoms. The number of rotatable bonds is 4. The highest BCUT2D eigenvalue weighted by Gasteiger charge is 2.19. The first-order valence-corrected chi connectivity index (χ1v) is 15.1. The predicted octanol–water partition coefficient (Wildman–Crippen LogP) is 11.7. The number of hydrogen-bond acceptors (Lipinski definition) is 2. The molecule has 1 aliphatic heterocycles. The van der Waals surface area contributed by atoms with Crippen molar-refractivity contribution in [3.05, 3.63) is 146 Å². The third kappa shape index (κ3) is 4.08. The van der Waals surface area contributed by atoms with Crippen LogP contribution in [0, 0.1) is 0 Å². The number of thiophene rings is 1. The van der Waals surface area contributed by atoms with Gasteiger partial charge in [0.2, 0.25) is 0 Å². The van der Waals surface area contributed by atoms with Gasteiger partial charge in [-0.3, -0.25) is 0 Å². The molecule has 40 heavy (non-hydrogen) atoms. The van der Waals surface area contributed by atoms with E-state index in [2.05, 4.69) is 146 Å². The zero-order chi connectivity index (χ0) is 26.5. The molecule has 8 rings (SSSR count). The second-order valence-electron chi connectivity index (χ2n) is 10.2. The Labute approximate surface area is 242 Å². The van der Waals surface area contributed by atoms with Crippen LogP contribution in [0.25, 0.3) is 65.0 Å². The van der Waals surface area contributed by atoms with Gasteiger partial charge in [0.25, 0.3) is 0 Å². The third-order valence-corrected chi connectivity index (χ3v) is 10.1. The van der Waals surface area contributed by atoms with Crippen LogP contribution < -0.4 is 0 Å². The Hall–Kier alpha value is -4.37. The molecule has 0 nitrogen and oxygen atoms in total. The number of benzene rings is 6. The quantitative estimate of drug-likeness (QED) is 0.212. The maximum Gasteiger partial charge on any atom is 0.0349 e. The minimum absolute atomic E-state index is 1.24. The predicted molar refractivity (Wildman–Crippen MR) is 173 cm³/mol. The van der Waals surface area contributed by atoms with Gasteiger partial charge in [0.05, 0.1) is 0 Å². The minimum Gasteiger partial charge on any atom is -0.135 e. The Morgan fingerprint density at radius 1 is 0.350 bits per heavy atom. The normalized spacial score (nSPS) is 11.9. The lowest BCUT2D eigenvalue weighted by Crippen LogP contribution is -1.93. The van der Waals surface area contributed by atoms with Crippen LogP contribution in [0.4, 0.5) is 0 Å². The van der Waals surface area contributed by atoms with Gasteiger partial charge < -0.3 is 0 Å². The molecule has 1 aliphatic rings. The molecule has 0 amide bonds. The molecule has 2 heterocycles. The summed E-state index contributed by atoms with van der Waals surface area (Å²) in [5.41, 5.74) is 10.2. The Balaban J connectivity index is 1.07. The summed E-state index contributed by atoms with van der Waals surface area (Å²) in [4.78, 5) is 5.27. The topological polar surface area (TPSA) is 0 Å². The van der Waals surface area contributed by atoms with Crippen LogP contribution in [0.3, 0.4) is 0 Å². The van der Waals surface area contributed by atoms with E-state index in [9.17, 15) is 0 Å². The molecule has 0 atom stereocenters. The van der Waals surface area contributed by atoms with Crippen molar-refractivity contribution >= 4 is 33.9 Å². The first-order valence-electron chi connectivity index (χ1n) is 13.5. The second-order valence-corrected chi connectivity index (χ2v) is 12.3. The minimum atomic E-state index is 1.24. The molecule has 0 radical (unpaired) electrons.